The number of rotatable bonds is 4. The predicted octanol–water partition coefficient (Wildman–Crippen LogP) is 5.92. The molecule has 0 bridgehead atoms. The number of hydrogen-bond acceptors (Lipinski definition) is 4. The van der Waals surface area contributed by atoms with Gasteiger partial charge in [-0.3, -0.25) is 0 Å². The summed E-state index contributed by atoms with van der Waals surface area (Å²) >= 11 is 0. The fraction of sp³-hybridized carbons (Fsp3) is 0.250. The molecule has 2 heterocycles. The van der Waals surface area contributed by atoms with E-state index in [9.17, 15) is 4.79 Å². The van der Waals surface area contributed by atoms with Crippen LogP contribution in [-0.4, -0.2) is 6.73 Å². The molecule has 4 heteroatoms. The van der Waals surface area contributed by atoms with Crippen LogP contribution in [0, 0.1) is 13.8 Å². The molecule has 0 amide bonds. The summed E-state index contributed by atoms with van der Waals surface area (Å²) in [4.78, 5) is 15.1. The summed E-state index contributed by atoms with van der Waals surface area (Å²) in [5.41, 5.74) is 7.69. The highest BCUT2D eigenvalue weighted by molar-refractivity contribution is 5.87. The first-order valence-corrected chi connectivity index (χ1v) is 11.1. The molecule has 0 N–H and O–H groups in total. The largest absolute Gasteiger partial charge is 0.472 e. The van der Waals surface area contributed by atoms with Crippen LogP contribution in [-0.2, 0) is 19.4 Å². The molecule has 0 atom stereocenters. The number of nitrogens with zero attached hydrogens (tertiary/aromatic N) is 1. The van der Waals surface area contributed by atoms with E-state index in [2.05, 4.69) is 42.2 Å². The van der Waals surface area contributed by atoms with E-state index < -0.39 is 0 Å². The molecule has 4 aromatic rings. The van der Waals surface area contributed by atoms with Crippen molar-refractivity contribution in [3.63, 3.8) is 0 Å². The molecule has 4 nitrogen and oxygen atoms in total. The Balaban J connectivity index is 1.60. The molecule has 3 aromatic carbocycles. The first-order chi connectivity index (χ1) is 15.6. The summed E-state index contributed by atoms with van der Waals surface area (Å²) in [6.45, 7) is 7.42. The third kappa shape index (κ3) is 3.46. The highest BCUT2D eigenvalue weighted by Crippen LogP contribution is 2.38. The molecule has 1 aliphatic rings. The fourth-order valence-corrected chi connectivity index (χ4v) is 4.72. The number of aryl methyl sites for hydroxylation is 3. The van der Waals surface area contributed by atoms with Crippen molar-refractivity contribution in [2.45, 2.75) is 40.2 Å². The van der Waals surface area contributed by atoms with E-state index in [4.69, 9.17) is 9.15 Å². The summed E-state index contributed by atoms with van der Waals surface area (Å²) in [5, 5.41) is 0.987. The average molecular weight is 426 g/mol. The van der Waals surface area contributed by atoms with Crippen molar-refractivity contribution < 1.29 is 9.15 Å². The van der Waals surface area contributed by atoms with Crippen LogP contribution in [0.1, 0.15) is 40.3 Å². The van der Waals surface area contributed by atoms with Gasteiger partial charge in [-0.25, -0.2) is 4.79 Å². The second-order valence-corrected chi connectivity index (χ2v) is 8.48. The van der Waals surface area contributed by atoms with Crippen molar-refractivity contribution in [3.05, 3.63) is 104 Å². The van der Waals surface area contributed by atoms with Gasteiger partial charge in [0.2, 0.25) is 0 Å². The fourth-order valence-electron chi connectivity index (χ4n) is 4.72. The van der Waals surface area contributed by atoms with Crippen LogP contribution < -0.4 is 15.3 Å². The van der Waals surface area contributed by atoms with Crippen molar-refractivity contribution in [2.24, 2.45) is 0 Å². The number of fused-ring (bicyclic) bond motifs is 2. The monoisotopic (exact) mass is 425 g/mol. The Bertz CT molecular complexity index is 1350. The van der Waals surface area contributed by atoms with Crippen molar-refractivity contribution >= 4 is 16.7 Å². The van der Waals surface area contributed by atoms with E-state index >= 15 is 0 Å². The maximum Gasteiger partial charge on any atom is 0.340 e. The molecule has 32 heavy (non-hydrogen) atoms. The third-order valence-electron chi connectivity index (χ3n) is 6.50. The Hall–Kier alpha value is -3.53. The lowest BCUT2D eigenvalue weighted by Gasteiger charge is -2.33. The Labute approximate surface area is 188 Å². The van der Waals surface area contributed by atoms with Gasteiger partial charge < -0.3 is 14.1 Å². The number of anilines is 1. The van der Waals surface area contributed by atoms with Gasteiger partial charge in [-0.15, -0.1) is 0 Å². The molecule has 0 saturated carbocycles. The maximum atomic E-state index is 12.9. The zero-order valence-corrected chi connectivity index (χ0v) is 18.8. The summed E-state index contributed by atoms with van der Waals surface area (Å²) in [6.07, 6.45) is 1.54. The molecule has 0 unspecified atom stereocenters. The molecular weight excluding hydrogens is 398 g/mol. The number of benzene rings is 3. The van der Waals surface area contributed by atoms with Crippen LogP contribution in [0.2, 0.25) is 0 Å². The lowest BCUT2D eigenvalue weighted by molar-refractivity contribution is 0.287. The van der Waals surface area contributed by atoms with Gasteiger partial charge in [-0.1, -0.05) is 55.5 Å². The van der Waals surface area contributed by atoms with E-state index in [-0.39, 0.29) is 5.63 Å². The normalized spacial score (nSPS) is 13.2. The molecule has 0 spiro atoms. The SMILES string of the molecule is CCc1ccccc1N1COc2c(cc3c(C)c(Cc4ccccc4)c(=O)oc3c2C)C1. The second kappa shape index (κ2) is 8.19. The topological polar surface area (TPSA) is 42.7 Å². The van der Waals surface area contributed by atoms with Crippen molar-refractivity contribution in [3.8, 4) is 5.75 Å². The van der Waals surface area contributed by atoms with Crippen molar-refractivity contribution in [1.82, 2.24) is 0 Å². The van der Waals surface area contributed by atoms with Gasteiger partial charge in [0.1, 0.15) is 11.3 Å². The van der Waals surface area contributed by atoms with Crippen LogP contribution in [0.4, 0.5) is 5.69 Å². The molecule has 0 aliphatic carbocycles. The summed E-state index contributed by atoms with van der Waals surface area (Å²) in [7, 11) is 0. The minimum absolute atomic E-state index is 0.267. The first-order valence-electron chi connectivity index (χ1n) is 11.1. The lowest BCUT2D eigenvalue weighted by atomic mass is 9.96. The van der Waals surface area contributed by atoms with E-state index in [1.807, 2.05) is 44.2 Å². The van der Waals surface area contributed by atoms with Crippen LogP contribution >= 0.6 is 0 Å². The zero-order chi connectivity index (χ0) is 22.2. The van der Waals surface area contributed by atoms with Gasteiger partial charge in [0, 0.05) is 40.7 Å². The Morgan fingerprint density at radius 3 is 2.50 bits per heavy atom. The Morgan fingerprint density at radius 2 is 1.72 bits per heavy atom. The molecule has 0 fully saturated rings. The average Bonchev–Trinajstić information content (AvgIpc) is 2.83. The minimum atomic E-state index is -0.267. The Morgan fingerprint density at radius 1 is 0.969 bits per heavy atom. The van der Waals surface area contributed by atoms with Crippen molar-refractivity contribution in [2.75, 3.05) is 11.6 Å². The zero-order valence-electron chi connectivity index (χ0n) is 18.8. The molecular formula is C28H27NO3. The van der Waals surface area contributed by atoms with Gasteiger partial charge in [0.15, 0.2) is 6.73 Å². The van der Waals surface area contributed by atoms with Crippen LogP contribution in [0.15, 0.2) is 69.9 Å². The molecule has 1 aliphatic heterocycles. The summed E-state index contributed by atoms with van der Waals surface area (Å²) < 4.78 is 12.0. The molecule has 0 radical (unpaired) electrons. The standard InChI is InChI=1S/C28H27NO3/c1-4-21-12-8-9-13-25(21)29-16-22-15-23-18(2)24(14-20-10-6-5-7-11-20)28(30)32-27(23)19(3)26(22)31-17-29/h5-13,15H,4,14,16-17H2,1-3H3. The van der Waals surface area contributed by atoms with Gasteiger partial charge in [0.05, 0.1) is 0 Å². The quantitative estimate of drug-likeness (QED) is 0.381. The number of para-hydroxylation sites is 1. The van der Waals surface area contributed by atoms with E-state index in [0.29, 0.717) is 24.3 Å². The van der Waals surface area contributed by atoms with Gasteiger partial charge in [-0.05, 0) is 49.1 Å². The lowest BCUT2D eigenvalue weighted by Crippen LogP contribution is -2.33. The second-order valence-electron chi connectivity index (χ2n) is 8.48. The molecule has 1 aromatic heterocycles. The van der Waals surface area contributed by atoms with Gasteiger partial charge in [-0.2, -0.15) is 0 Å². The van der Waals surface area contributed by atoms with E-state index in [0.717, 1.165) is 46.4 Å². The highest BCUT2D eigenvalue weighted by atomic mass is 16.5. The molecule has 162 valence electrons. The highest BCUT2D eigenvalue weighted by Gasteiger charge is 2.25. The number of ether oxygens (including phenoxy) is 1. The van der Waals surface area contributed by atoms with Gasteiger partial charge in [0.25, 0.3) is 0 Å². The summed E-state index contributed by atoms with van der Waals surface area (Å²) in [5.74, 6) is 0.834. The first kappa shape index (κ1) is 20.4. The van der Waals surface area contributed by atoms with Crippen molar-refractivity contribution in [1.29, 1.82) is 0 Å². The smallest absolute Gasteiger partial charge is 0.340 e. The van der Waals surface area contributed by atoms with Gasteiger partial charge >= 0.3 is 5.63 Å². The van der Waals surface area contributed by atoms with E-state index in [1.54, 1.807) is 0 Å². The van der Waals surface area contributed by atoms with E-state index in [1.165, 1.54) is 11.3 Å². The van der Waals surface area contributed by atoms with Crippen LogP contribution in [0.3, 0.4) is 0 Å². The Kier molecular flexibility index (Phi) is 5.22. The predicted molar refractivity (Wildman–Crippen MR) is 129 cm³/mol. The molecule has 5 rings (SSSR count). The molecule has 0 saturated heterocycles. The van der Waals surface area contributed by atoms with Crippen LogP contribution in [0.5, 0.6) is 5.75 Å². The maximum absolute atomic E-state index is 12.9. The third-order valence-corrected chi connectivity index (χ3v) is 6.50. The van der Waals surface area contributed by atoms with Crippen LogP contribution in [0.25, 0.3) is 11.0 Å². The minimum Gasteiger partial charge on any atom is -0.472 e. The summed E-state index contributed by atoms with van der Waals surface area (Å²) in [6, 6.07) is 20.7. The number of hydrogen-bond donors (Lipinski definition) is 0.